The molecule has 11 aromatic rings. The number of hydrogen-bond donors (Lipinski definition) is 0. The summed E-state index contributed by atoms with van der Waals surface area (Å²) in [4.78, 5) is 6.93. The Balaban J connectivity index is 0.833. The predicted molar refractivity (Wildman–Crippen MR) is 317 cm³/mol. The predicted octanol–water partition coefficient (Wildman–Crippen LogP) is 20.1. The molecule has 0 heterocycles. The second kappa shape index (κ2) is 21.7. The lowest BCUT2D eigenvalue weighted by Gasteiger charge is -2.27. The first kappa shape index (κ1) is 46.7. The molecular weight excluding hydrogens is 895 g/mol. The molecule has 0 amide bonds. The zero-order valence-electron chi connectivity index (χ0n) is 41.4. The van der Waals surface area contributed by atoms with Crippen molar-refractivity contribution in [2.75, 3.05) is 14.7 Å². The maximum Gasteiger partial charge on any atom is 0.0536 e. The fourth-order valence-corrected chi connectivity index (χ4v) is 9.82. The van der Waals surface area contributed by atoms with Crippen LogP contribution in [-0.2, 0) is 0 Å². The van der Waals surface area contributed by atoms with Gasteiger partial charge < -0.3 is 14.7 Å². The summed E-state index contributed by atoms with van der Waals surface area (Å²) in [6.45, 7) is 6.43. The molecule has 0 unspecified atom stereocenters. The average molecular weight is 950 g/mol. The van der Waals surface area contributed by atoms with Crippen LogP contribution in [0.3, 0.4) is 0 Å². The number of para-hydroxylation sites is 4. The normalized spacial score (nSPS) is 11.5. The number of hydrogen-bond acceptors (Lipinski definition) is 3. The van der Waals surface area contributed by atoms with Gasteiger partial charge in [0.05, 0.1) is 5.69 Å². The third kappa shape index (κ3) is 10.1. The lowest BCUT2D eigenvalue weighted by Crippen LogP contribution is -2.14. The van der Waals surface area contributed by atoms with Crippen LogP contribution in [0.5, 0.6) is 0 Å². The Kier molecular flexibility index (Phi) is 13.7. The van der Waals surface area contributed by atoms with Gasteiger partial charge in [0.25, 0.3) is 0 Å². The minimum Gasteiger partial charge on any atom is -0.314 e. The van der Waals surface area contributed by atoms with Gasteiger partial charge in [0.1, 0.15) is 0 Å². The van der Waals surface area contributed by atoms with Crippen LogP contribution < -0.4 is 14.7 Å². The van der Waals surface area contributed by atoms with Gasteiger partial charge in [-0.2, -0.15) is 0 Å². The zero-order chi connectivity index (χ0) is 50.1. The van der Waals surface area contributed by atoms with Gasteiger partial charge in [-0.1, -0.05) is 213 Å². The van der Waals surface area contributed by atoms with Crippen molar-refractivity contribution in [1.29, 1.82) is 0 Å². The molecule has 0 radical (unpaired) electrons. The Morgan fingerprint density at radius 2 is 0.635 bits per heavy atom. The van der Waals surface area contributed by atoms with E-state index in [0.717, 1.165) is 79.0 Å². The topological polar surface area (TPSA) is 9.72 Å². The van der Waals surface area contributed by atoms with Crippen LogP contribution in [-0.4, -0.2) is 0 Å². The summed E-state index contributed by atoms with van der Waals surface area (Å²) in [6.07, 6.45) is 6.33. The molecule has 0 saturated carbocycles. The Bertz CT molecular complexity index is 3600. The Morgan fingerprint density at radius 3 is 1.04 bits per heavy atom. The van der Waals surface area contributed by atoms with E-state index in [9.17, 15) is 0 Å². The van der Waals surface area contributed by atoms with E-state index in [-0.39, 0.29) is 0 Å². The maximum atomic E-state index is 4.25. The molecule has 0 spiro atoms. The molecule has 0 N–H and O–H groups in total. The zero-order valence-corrected chi connectivity index (χ0v) is 41.4. The van der Waals surface area contributed by atoms with Crippen LogP contribution in [0.2, 0.25) is 0 Å². The third-order valence-electron chi connectivity index (χ3n) is 13.6. The highest BCUT2D eigenvalue weighted by Crippen LogP contribution is 2.40. The quantitative estimate of drug-likeness (QED) is 0.0948. The molecule has 3 heteroatoms. The van der Waals surface area contributed by atoms with Gasteiger partial charge in [-0.3, -0.25) is 0 Å². The summed E-state index contributed by atoms with van der Waals surface area (Å²) in [7, 11) is 0. The van der Waals surface area contributed by atoms with Gasteiger partial charge >= 0.3 is 0 Å². The van der Waals surface area contributed by atoms with Crippen molar-refractivity contribution in [3.63, 3.8) is 0 Å². The maximum absolute atomic E-state index is 4.25. The highest BCUT2D eigenvalue weighted by atomic mass is 15.2. The van der Waals surface area contributed by atoms with Gasteiger partial charge in [-0.25, -0.2) is 0 Å². The lowest BCUT2D eigenvalue weighted by molar-refractivity contribution is 1.16. The molecule has 354 valence electrons. The Morgan fingerprint density at radius 1 is 0.311 bits per heavy atom. The minimum absolute atomic E-state index is 1.04. The first-order valence-electron chi connectivity index (χ1n) is 25.2. The summed E-state index contributed by atoms with van der Waals surface area (Å²) < 4.78 is 0. The lowest BCUT2D eigenvalue weighted by atomic mass is 9.99. The Labute approximate surface area is 435 Å². The van der Waals surface area contributed by atoms with Gasteiger partial charge in [-0.15, -0.1) is 0 Å². The number of benzene rings is 11. The second-order valence-corrected chi connectivity index (χ2v) is 18.3. The van der Waals surface area contributed by atoms with E-state index in [0.29, 0.717) is 0 Å². The van der Waals surface area contributed by atoms with E-state index < -0.39 is 0 Å². The molecule has 11 aromatic carbocycles. The van der Waals surface area contributed by atoms with Crippen molar-refractivity contribution in [2.24, 2.45) is 0 Å². The van der Waals surface area contributed by atoms with Gasteiger partial charge in [0.15, 0.2) is 0 Å². The van der Waals surface area contributed by atoms with Gasteiger partial charge in [0, 0.05) is 50.9 Å². The van der Waals surface area contributed by atoms with E-state index in [1.165, 1.54) is 27.5 Å². The molecule has 0 fully saturated rings. The van der Waals surface area contributed by atoms with E-state index in [1.54, 1.807) is 0 Å². The highest BCUT2D eigenvalue weighted by Gasteiger charge is 2.17. The van der Waals surface area contributed by atoms with Gasteiger partial charge in [0.2, 0.25) is 0 Å². The van der Waals surface area contributed by atoms with Crippen molar-refractivity contribution >= 4 is 61.8 Å². The van der Waals surface area contributed by atoms with Gasteiger partial charge in [-0.05, 0) is 154 Å². The fourth-order valence-electron chi connectivity index (χ4n) is 9.82. The van der Waals surface area contributed by atoms with E-state index in [1.807, 2.05) is 6.08 Å². The van der Waals surface area contributed by atoms with Crippen molar-refractivity contribution in [3.8, 4) is 33.4 Å². The first-order valence-corrected chi connectivity index (χ1v) is 25.2. The van der Waals surface area contributed by atoms with Crippen LogP contribution in [0.1, 0.15) is 12.5 Å². The highest BCUT2D eigenvalue weighted by molar-refractivity contribution is 5.97. The average Bonchev–Trinajstić information content (AvgIpc) is 3.48. The van der Waals surface area contributed by atoms with Crippen LogP contribution in [0.4, 0.5) is 45.5 Å². The molecule has 11 rings (SSSR count). The smallest absolute Gasteiger partial charge is 0.0536 e. The van der Waals surface area contributed by atoms with Crippen molar-refractivity contribution in [1.82, 2.24) is 0 Å². The molecular formula is C71H55N3. The Hall–Kier alpha value is -9.70. The molecule has 0 aliphatic carbocycles. The van der Waals surface area contributed by atoms with Crippen LogP contribution >= 0.6 is 0 Å². The van der Waals surface area contributed by atoms with E-state index in [2.05, 4.69) is 325 Å². The summed E-state index contributed by atoms with van der Waals surface area (Å²) in [5.41, 5.74) is 19.1. The van der Waals surface area contributed by atoms with E-state index in [4.69, 9.17) is 0 Å². The summed E-state index contributed by atoms with van der Waals surface area (Å²) in [5, 5.41) is 2.38. The summed E-state index contributed by atoms with van der Waals surface area (Å²) in [6, 6.07) is 101. The molecule has 0 aliphatic rings. The molecule has 3 nitrogen and oxygen atoms in total. The number of anilines is 8. The standard InChI is InChI=1S/C71H55N3/c1-3-54(55-33-35-56(36-34-55)60-43-49-68(50-44-60)73(63-21-8-4-9-22-63)64-23-10-5-11-24-64)32-31-53(2)72(71-30-18-20-62-19-16-17-29-70(62)71)67-47-41-59(42-48-67)57-37-39-58(40-38-57)61-45-51-69(52-46-61)74(65-25-12-6-13-26-65)66-27-14-7-15-28-66/h3-52H,1H2,2H3/b53-31+,54-32+. The fraction of sp³-hybridized carbons (Fsp3) is 0.0141. The third-order valence-corrected chi connectivity index (χ3v) is 13.6. The van der Waals surface area contributed by atoms with Crippen LogP contribution in [0.15, 0.2) is 316 Å². The summed E-state index contributed by atoms with van der Waals surface area (Å²) >= 11 is 0. The van der Waals surface area contributed by atoms with Crippen LogP contribution in [0, 0.1) is 0 Å². The number of fused-ring (bicyclic) bond motifs is 1. The minimum atomic E-state index is 1.04. The summed E-state index contributed by atoms with van der Waals surface area (Å²) in [5.74, 6) is 0. The molecule has 0 bridgehead atoms. The SMILES string of the molecule is C=C/C(=C\C=C(/C)N(c1ccc(-c2ccc(-c3ccc(N(c4ccccc4)c4ccccc4)cc3)cc2)cc1)c1cccc2ccccc12)c1ccc(-c2ccc(N(c3ccccc3)c3ccccc3)cc2)cc1. The van der Waals surface area contributed by atoms with Crippen molar-refractivity contribution in [2.45, 2.75) is 6.92 Å². The van der Waals surface area contributed by atoms with E-state index >= 15 is 0 Å². The largest absolute Gasteiger partial charge is 0.314 e. The molecule has 0 aliphatic heterocycles. The molecule has 74 heavy (non-hydrogen) atoms. The number of nitrogens with zero attached hydrogens (tertiary/aromatic N) is 3. The number of allylic oxidation sites excluding steroid dienone is 5. The molecule has 0 saturated heterocycles. The monoisotopic (exact) mass is 949 g/mol. The first-order chi connectivity index (χ1) is 36.6. The van der Waals surface area contributed by atoms with Crippen LogP contribution in [0.25, 0.3) is 49.7 Å². The van der Waals surface area contributed by atoms with Crippen molar-refractivity contribution < 1.29 is 0 Å². The number of rotatable bonds is 15. The molecule has 0 atom stereocenters. The van der Waals surface area contributed by atoms with Crippen molar-refractivity contribution in [3.05, 3.63) is 321 Å². The second-order valence-electron chi connectivity index (χ2n) is 18.3. The molecule has 0 aromatic heterocycles.